The predicted molar refractivity (Wildman–Crippen MR) is 87.2 cm³/mol. The molecule has 6 heteroatoms. The highest BCUT2D eigenvalue weighted by Gasteiger charge is 2.22. The van der Waals surface area contributed by atoms with E-state index in [9.17, 15) is 4.79 Å². The van der Waals surface area contributed by atoms with Crippen molar-refractivity contribution in [2.75, 3.05) is 17.2 Å². The topological polar surface area (TPSA) is 46.3 Å². The second-order valence-corrected chi connectivity index (χ2v) is 6.54. The molecule has 1 aromatic carbocycles. The van der Waals surface area contributed by atoms with Crippen LogP contribution in [0.2, 0.25) is 8.67 Å². The normalized spacial score (nSPS) is 10.6. The van der Waals surface area contributed by atoms with Gasteiger partial charge in [0.25, 0.3) is 5.91 Å². The number of nitrogens with two attached hydrogens (primary N) is 1. The highest BCUT2D eigenvalue weighted by Crippen LogP contribution is 2.33. The molecule has 0 saturated heterocycles. The van der Waals surface area contributed by atoms with E-state index in [4.69, 9.17) is 28.9 Å². The van der Waals surface area contributed by atoms with E-state index in [0.29, 0.717) is 32.2 Å². The fourth-order valence-electron chi connectivity index (χ4n) is 1.92. The summed E-state index contributed by atoms with van der Waals surface area (Å²) in [7, 11) is 0. The Morgan fingerprint density at radius 2 is 2.05 bits per heavy atom. The molecular weight excluding hydrogens is 315 g/mol. The minimum Gasteiger partial charge on any atom is -0.397 e. The number of carbonyl (C=O) groups is 1. The van der Waals surface area contributed by atoms with E-state index < -0.39 is 0 Å². The maximum Gasteiger partial charge on any atom is 0.260 e. The van der Waals surface area contributed by atoms with Gasteiger partial charge in [0.15, 0.2) is 0 Å². The quantitative estimate of drug-likeness (QED) is 0.827. The van der Waals surface area contributed by atoms with Crippen LogP contribution in [0, 0.1) is 0 Å². The van der Waals surface area contributed by atoms with E-state index in [1.807, 2.05) is 25.1 Å². The molecule has 0 fully saturated rings. The van der Waals surface area contributed by atoms with Crippen LogP contribution >= 0.6 is 34.5 Å². The Morgan fingerprint density at radius 1 is 1.35 bits per heavy atom. The third-order valence-electron chi connectivity index (χ3n) is 2.81. The molecule has 3 nitrogen and oxygen atoms in total. The van der Waals surface area contributed by atoms with Gasteiger partial charge in [-0.3, -0.25) is 4.79 Å². The molecule has 0 spiro atoms. The summed E-state index contributed by atoms with van der Waals surface area (Å²) < 4.78 is 0.895. The molecule has 2 rings (SSSR count). The van der Waals surface area contributed by atoms with Crippen molar-refractivity contribution in [1.29, 1.82) is 0 Å². The van der Waals surface area contributed by atoms with Gasteiger partial charge in [-0.25, -0.2) is 0 Å². The van der Waals surface area contributed by atoms with Gasteiger partial charge in [0, 0.05) is 6.54 Å². The second-order valence-electron chi connectivity index (χ2n) is 4.25. The van der Waals surface area contributed by atoms with Crippen LogP contribution in [0.15, 0.2) is 30.3 Å². The van der Waals surface area contributed by atoms with Crippen LogP contribution < -0.4 is 10.6 Å². The van der Waals surface area contributed by atoms with Crippen molar-refractivity contribution in [1.82, 2.24) is 0 Å². The Morgan fingerprint density at radius 3 is 2.60 bits per heavy atom. The van der Waals surface area contributed by atoms with E-state index >= 15 is 0 Å². The maximum atomic E-state index is 12.7. The first-order valence-corrected chi connectivity index (χ1v) is 7.73. The van der Waals surface area contributed by atoms with Crippen LogP contribution in [0.1, 0.15) is 23.7 Å². The number of amides is 1. The number of carbonyl (C=O) groups excluding carboxylic acids is 1. The van der Waals surface area contributed by atoms with Crippen LogP contribution in [0.4, 0.5) is 11.4 Å². The van der Waals surface area contributed by atoms with Gasteiger partial charge in [0.1, 0.15) is 4.34 Å². The Bertz CT molecular complexity index is 627. The Labute approximate surface area is 131 Å². The van der Waals surface area contributed by atoms with Crippen LogP contribution in [-0.2, 0) is 0 Å². The number of hydrogen-bond donors (Lipinski definition) is 1. The number of thiophene rings is 1. The van der Waals surface area contributed by atoms with Gasteiger partial charge in [-0.15, -0.1) is 11.3 Å². The fourth-order valence-corrected chi connectivity index (χ4v) is 3.37. The van der Waals surface area contributed by atoms with E-state index in [2.05, 4.69) is 0 Å². The molecule has 1 amide bonds. The van der Waals surface area contributed by atoms with Crippen molar-refractivity contribution in [3.63, 3.8) is 0 Å². The number of halogens is 2. The molecule has 1 heterocycles. The monoisotopic (exact) mass is 328 g/mol. The largest absolute Gasteiger partial charge is 0.397 e. The number of rotatable bonds is 4. The van der Waals surface area contributed by atoms with E-state index in [1.54, 1.807) is 17.0 Å². The minimum atomic E-state index is -0.182. The van der Waals surface area contributed by atoms with Gasteiger partial charge in [0.05, 0.1) is 21.3 Å². The summed E-state index contributed by atoms with van der Waals surface area (Å²) in [6.45, 7) is 2.57. The highest BCUT2D eigenvalue weighted by molar-refractivity contribution is 7.20. The molecule has 0 saturated carbocycles. The third-order valence-corrected chi connectivity index (χ3v) is 4.29. The first-order valence-electron chi connectivity index (χ1n) is 6.15. The molecule has 0 aliphatic heterocycles. The van der Waals surface area contributed by atoms with Gasteiger partial charge >= 0.3 is 0 Å². The second kappa shape index (κ2) is 6.48. The van der Waals surface area contributed by atoms with Crippen LogP contribution in [0.3, 0.4) is 0 Å². The fraction of sp³-hybridized carbons (Fsp3) is 0.214. The summed E-state index contributed by atoms with van der Waals surface area (Å²) in [5.41, 5.74) is 7.63. The summed E-state index contributed by atoms with van der Waals surface area (Å²) in [6, 6.07) is 8.88. The number of anilines is 2. The van der Waals surface area contributed by atoms with Crippen molar-refractivity contribution in [2.24, 2.45) is 0 Å². The molecule has 0 radical (unpaired) electrons. The maximum absolute atomic E-state index is 12.7. The number of nitrogens with zero attached hydrogens (tertiary/aromatic N) is 1. The van der Waals surface area contributed by atoms with Crippen molar-refractivity contribution < 1.29 is 4.79 Å². The van der Waals surface area contributed by atoms with Crippen molar-refractivity contribution in [3.05, 3.63) is 44.6 Å². The summed E-state index contributed by atoms with van der Waals surface area (Å²) in [5.74, 6) is -0.182. The lowest BCUT2D eigenvalue weighted by Crippen LogP contribution is -2.32. The van der Waals surface area contributed by atoms with E-state index in [0.717, 1.165) is 6.42 Å². The van der Waals surface area contributed by atoms with Gasteiger partial charge < -0.3 is 10.6 Å². The molecule has 0 bridgehead atoms. The molecule has 0 aliphatic rings. The minimum absolute atomic E-state index is 0.182. The Balaban J connectivity index is 2.41. The van der Waals surface area contributed by atoms with Crippen molar-refractivity contribution in [2.45, 2.75) is 13.3 Å². The zero-order valence-corrected chi connectivity index (χ0v) is 13.2. The number of nitrogen functional groups attached to an aromatic ring is 1. The molecule has 20 heavy (non-hydrogen) atoms. The summed E-state index contributed by atoms with van der Waals surface area (Å²) in [6.07, 6.45) is 0.815. The molecular formula is C14H14Cl2N2OS. The van der Waals surface area contributed by atoms with E-state index in [-0.39, 0.29) is 5.91 Å². The first kappa shape index (κ1) is 15.2. The molecule has 0 atom stereocenters. The molecule has 106 valence electrons. The lowest BCUT2D eigenvalue weighted by molar-refractivity contribution is 0.0987. The molecule has 0 aliphatic carbocycles. The molecule has 2 aromatic rings. The number of hydrogen-bond acceptors (Lipinski definition) is 3. The molecule has 0 unspecified atom stereocenters. The average Bonchev–Trinajstić information content (AvgIpc) is 2.75. The van der Waals surface area contributed by atoms with Crippen LogP contribution in [-0.4, -0.2) is 12.5 Å². The number of para-hydroxylation sites is 2. The van der Waals surface area contributed by atoms with Crippen LogP contribution in [0.25, 0.3) is 0 Å². The first-order chi connectivity index (χ1) is 9.54. The zero-order valence-electron chi connectivity index (χ0n) is 10.9. The number of benzene rings is 1. The Hall–Kier alpha value is -1.23. The zero-order chi connectivity index (χ0) is 14.7. The average molecular weight is 329 g/mol. The van der Waals surface area contributed by atoms with Crippen molar-refractivity contribution >= 4 is 51.8 Å². The predicted octanol–water partition coefficient (Wildman–Crippen LogP) is 4.69. The van der Waals surface area contributed by atoms with Crippen molar-refractivity contribution in [3.8, 4) is 0 Å². The Kier molecular flexibility index (Phi) is 4.91. The lowest BCUT2D eigenvalue weighted by atomic mass is 10.2. The summed E-state index contributed by atoms with van der Waals surface area (Å²) in [4.78, 5) is 14.3. The lowest BCUT2D eigenvalue weighted by Gasteiger charge is -2.23. The SMILES string of the molecule is CCCN(C(=O)c1cc(Cl)sc1Cl)c1ccccc1N. The van der Waals surface area contributed by atoms with Gasteiger partial charge in [-0.1, -0.05) is 42.3 Å². The third kappa shape index (κ3) is 3.08. The van der Waals surface area contributed by atoms with Gasteiger partial charge in [-0.05, 0) is 24.6 Å². The standard InChI is InChI=1S/C14H14Cl2N2OS/c1-2-7-18(11-6-4-3-5-10(11)17)14(19)9-8-12(15)20-13(9)16/h3-6,8H,2,7,17H2,1H3. The van der Waals surface area contributed by atoms with Crippen LogP contribution in [0.5, 0.6) is 0 Å². The molecule has 1 aromatic heterocycles. The highest BCUT2D eigenvalue weighted by atomic mass is 35.5. The van der Waals surface area contributed by atoms with E-state index in [1.165, 1.54) is 11.3 Å². The molecule has 2 N–H and O–H groups in total. The summed E-state index contributed by atoms with van der Waals surface area (Å²) in [5, 5.41) is 0. The van der Waals surface area contributed by atoms with Gasteiger partial charge in [0.2, 0.25) is 0 Å². The van der Waals surface area contributed by atoms with Gasteiger partial charge in [-0.2, -0.15) is 0 Å². The summed E-state index contributed by atoms with van der Waals surface area (Å²) >= 11 is 13.2. The smallest absolute Gasteiger partial charge is 0.260 e.